The first-order valence-electron chi connectivity index (χ1n) is 9.23. The molecule has 1 aliphatic rings. The van der Waals surface area contributed by atoms with Gasteiger partial charge in [-0.25, -0.2) is 4.39 Å². The van der Waals surface area contributed by atoms with E-state index in [1.165, 1.54) is 37.9 Å². The largest absolute Gasteiger partial charge is 0.344 e. The van der Waals surface area contributed by atoms with Crippen LogP contribution in [-0.2, 0) is 26.2 Å². The maximum atomic E-state index is 15.1. The van der Waals surface area contributed by atoms with E-state index in [-0.39, 0.29) is 43.7 Å². The Hall–Kier alpha value is -1.76. The number of nitrogens with zero attached hydrogens (tertiary/aromatic N) is 5. The van der Waals surface area contributed by atoms with Crippen LogP contribution >= 0.6 is 11.6 Å². The van der Waals surface area contributed by atoms with Crippen molar-refractivity contribution in [1.82, 2.24) is 23.6 Å². The summed E-state index contributed by atoms with van der Waals surface area (Å²) in [7, 11) is 0.212. The molecule has 1 saturated heterocycles. The van der Waals surface area contributed by atoms with Gasteiger partial charge < -0.3 is 14.3 Å². The summed E-state index contributed by atoms with van der Waals surface area (Å²) >= 11 is 5.90. The number of likely N-dealkylation sites (N-methyl/N-ethyl adjacent to an activating group) is 1. The molecule has 0 N–H and O–H groups in total. The first-order valence-corrected chi connectivity index (χ1v) is 11.0. The van der Waals surface area contributed by atoms with Crippen molar-refractivity contribution in [2.75, 3.05) is 53.9 Å². The molecule has 1 aliphatic heterocycles. The summed E-state index contributed by atoms with van der Waals surface area (Å²) in [5.74, 6) is -0.910. The van der Waals surface area contributed by atoms with Gasteiger partial charge in [0, 0.05) is 39.8 Å². The number of halogens is 2. The minimum absolute atomic E-state index is 0.0145. The Kier molecular flexibility index (Phi) is 7.49. The van der Waals surface area contributed by atoms with Crippen LogP contribution in [0.5, 0.6) is 0 Å². The second-order valence-corrected chi connectivity index (χ2v) is 10.4. The Labute approximate surface area is 180 Å². The van der Waals surface area contributed by atoms with Gasteiger partial charge in [0.2, 0.25) is 17.0 Å². The fourth-order valence-electron chi connectivity index (χ4n) is 3.14. The van der Waals surface area contributed by atoms with E-state index < -0.39 is 28.3 Å². The molecule has 170 valence electrons. The third-order valence-electron chi connectivity index (χ3n) is 4.86. The van der Waals surface area contributed by atoms with Gasteiger partial charge in [-0.3, -0.25) is 9.59 Å². The van der Waals surface area contributed by atoms with Crippen molar-refractivity contribution in [3.8, 4) is 0 Å². The zero-order chi connectivity index (χ0) is 22.9. The van der Waals surface area contributed by atoms with E-state index in [1.54, 1.807) is 6.92 Å². The molecule has 2 amide bonds. The number of alkyl halides is 1. The highest BCUT2D eigenvalue weighted by Crippen LogP contribution is 2.23. The maximum absolute atomic E-state index is 15.1. The van der Waals surface area contributed by atoms with Gasteiger partial charge in [0.15, 0.2) is 0 Å². The predicted molar refractivity (Wildman–Crippen MR) is 108 cm³/mol. The summed E-state index contributed by atoms with van der Waals surface area (Å²) in [4.78, 5) is 27.9. The lowest BCUT2D eigenvalue weighted by molar-refractivity contribution is -0.133. The molecule has 0 bridgehead atoms. The van der Waals surface area contributed by atoms with Crippen molar-refractivity contribution in [2.45, 2.75) is 25.9 Å². The third kappa shape index (κ3) is 5.68. The molecule has 0 aliphatic carbocycles. The maximum Gasteiger partial charge on any atom is 0.281 e. The molecule has 0 spiro atoms. The van der Waals surface area contributed by atoms with Crippen LogP contribution < -0.4 is 0 Å². The number of rotatable bonds is 6. The number of carbonyl (C=O) groups excluding carboxylic acids is 2. The van der Waals surface area contributed by atoms with Crippen LogP contribution in [0.2, 0.25) is 5.22 Å². The molecule has 0 radical (unpaired) electrons. The highest BCUT2D eigenvalue weighted by molar-refractivity contribution is 7.86. The van der Waals surface area contributed by atoms with Gasteiger partial charge >= 0.3 is 0 Å². The summed E-state index contributed by atoms with van der Waals surface area (Å²) in [6.45, 7) is 2.25. The van der Waals surface area contributed by atoms with Gasteiger partial charge in [0.05, 0.1) is 31.7 Å². The Bertz CT molecular complexity index is 885. The summed E-state index contributed by atoms with van der Waals surface area (Å²) in [6.07, 6.45) is -0.0952. The smallest absolute Gasteiger partial charge is 0.281 e. The molecule has 1 unspecified atom stereocenters. The zero-order valence-electron chi connectivity index (χ0n) is 17.7. The molecule has 0 saturated carbocycles. The van der Waals surface area contributed by atoms with E-state index in [1.807, 2.05) is 0 Å². The van der Waals surface area contributed by atoms with E-state index >= 15 is 4.39 Å². The quantitative estimate of drug-likeness (QED) is 0.596. The summed E-state index contributed by atoms with van der Waals surface area (Å²) in [5.41, 5.74) is -0.947. The van der Waals surface area contributed by atoms with Crippen LogP contribution in [0, 0.1) is 6.92 Å². The lowest BCUT2D eigenvalue weighted by Gasteiger charge is -2.28. The normalized spacial score (nSPS) is 20.7. The molecule has 13 heteroatoms. The van der Waals surface area contributed by atoms with Crippen LogP contribution in [-0.4, -0.2) is 103 Å². The van der Waals surface area contributed by atoms with Gasteiger partial charge in [-0.1, -0.05) is 5.16 Å². The van der Waals surface area contributed by atoms with Crippen LogP contribution in [0.1, 0.15) is 18.2 Å². The molecule has 1 aromatic heterocycles. The standard InChI is InChI=1S/C17H27ClFN5O5S/c1-12-13(16(18)29-20-12)8-14(25)23-6-7-24(11-17(2,19)10-23)15(26)9-22(5)30(27,28)21(3)4/h6-11H2,1-5H3. The third-order valence-corrected chi connectivity index (χ3v) is 7.00. The second kappa shape index (κ2) is 9.16. The number of aryl methyl sites for hydroxylation is 1. The van der Waals surface area contributed by atoms with Crippen molar-refractivity contribution < 1.29 is 26.9 Å². The molecule has 2 heterocycles. The fraction of sp³-hybridized carbons (Fsp3) is 0.706. The molecule has 1 aromatic rings. The molecule has 30 heavy (non-hydrogen) atoms. The van der Waals surface area contributed by atoms with E-state index in [9.17, 15) is 18.0 Å². The first-order chi connectivity index (χ1) is 13.7. The topological polar surface area (TPSA) is 107 Å². The van der Waals surface area contributed by atoms with Gasteiger partial charge in [-0.05, 0) is 25.4 Å². The van der Waals surface area contributed by atoms with Crippen molar-refractivity contribution in [3.63, 3.8) is 0 Å². The highest BCUT2D eigenvalue weighted by atomic mass is 35.5. The molecule has 10 nitrogen and oxygen atoms in total. The fourth-order valence-corrected chi connectivity index (χ4v) is 4.21. The molecule has 1 atom stereocenters. The predicted octanol–water partition coefficient (Wildman–Crippen LogP) is 0.316. The Morgan fingerprint density at radius 3 is 2.20 bits per heavy atom. The summed E-state index contributed by atoms with van der Waals surface area (Å²) < 4.78 is 46.1. The van der Waals surface area contributed by atoms with E-state index in [4.69, 9.17) is 16.1 Å². The number of hydrogen-bond acceptors (Lipinski definition) is 6. The van der Waals surface area contributed by atoms with Crippen molar-refractivity contribution in [3.05, 3.63) is 16.5 Å². The monoisotopic (exact) mass is 467 g/mol. The Morgan fingerprint density at radius 2 is 1.73 bits per heavy atom. The molecular weight excluding hydrogens is 441 g/mol. The lowest BCUT2D eigenvalue weighted by atomic mass is 10.1. The minimum atomic E-state index is -3.78. The SMILES string of the molecule is Cc1noc(Cl)c1CC(=O)N1CCN(C(=O)CN(C)S(=O)(=O)N(C)C)CC(C)(F)C1. The van der Waals surface area contributed by atoms with Crippen LogP contribution in [0.3, 0.4) is 0 Å². The number of amides is 2. The Morgan fingerprint density at radius 1 is 1.20 bits per heavy atom. The van der Waals surface area contributed by atoms with Crippen molar-refractivity contribution >= 4 is 33.6 Å². The van der Waals surface area contributed by atoms with E-state index in [2.05, 4.69) is 5.16 Å². The number of aromatic nitrogens is 1. The van der Waals surface area contributed by atoms with E-state index in [0.717, 1.165) is 8.61 Å². The van der Waals surface area contributed by atoms with Gasteiger partial charge in [-0.2, -0.15) is 17.0 Å². The van der Waals surface area contributed by atoms with E-state index in [0.29, 0.717) is 11.3 Å². The number of hydrogen-bond donors (Lipinski definition) is 0. The zero-order valence-corrected chi connectivity index (χ0v) is 19.3. The second-order valence-electron chi connectivity index (χ2n) is 7.79. The van der Waals surface area contributed by atoms with Crippen LogP contribution in [0.15, 0.2) is 4.52 Å². The molecule has 0 aromatic carbocycles. The van der Waals surface area contributed by atoms with Crippen molar-refractivity contribution in [2.24, 2.45) is 0 Å². The average Bonchev–Trinajstić information content (AvgIpc) is 2.85. The van der Waals surface area contributed by atoms with Crippen LogP contribution in [0.25, 0.3) is 0 Å². The highest BCUT2D eigenvalue weighted by Gasteiger charge is 2.37. The average molecular weight is 468 g/mol. The molecule has 2 rings (SSSR count). The van der Waals surface area contributed by atoms with Gasteiger partial charge in [0.25, 0.3) is 10.2 Å². The molecule has 1 fully saturated rings. The summed E-state index contributed by atoms with van der Waals surface area (Å²) in [6, 6.07) is 0. The molecular formula is C17H27ClFN5O5S. The minimum Gasteiger partial charge on any atom is -0.344 e. The number of carbonyl (C=O) groups is 2. The van der Waals surface area contributed by atoms with Crippen LogP contribution in [0.4, 0.5) is 4.39 Å². The van der Waals surface area contributed by atoms with Crippen molar-refractivity contribution in [1.29, 1.82) is 0 Å². The Balaban J connectivity index is 2.08. The first kappa shape index (κ1) is 24.5. The van der Waals surface area contributed by atoms with Gasteiger partial charge in [0.1, 0.15) is 5.67 Å². The van der Waals surface area contributed by atoms with Gasteiger partial charge in [-0.15, -0.1) is 0 Å². The lowest BCUT2D eigenvalue weighted by Crippen LogP contribution is -2.48. The summed E-state index contributed by atoms with van der Waals surface area (Å²) in [5, 5.41) is 3.71.